The van der Waals surface area contributed by atoms with Gasteiger partial charge in [0.05, 0.1) is 17.3 Å². The van der Waals surface area contributed by atoms with E-state index in [9.17, 15) is 31.5 Å². The molecule has 0 spiro atoms. The van der Waals surface area contributed by atoms with Crippen molar-refractivity contribution < 1.29 is 36.7 Å². The number of rotatable bonds is 4. The topological polar surface area (TPSA) is 109 Å². The third-order valence-corrected chi connectivity index (χ3v) is 5.42. The third-order valence-electron chi connectivity index (χ3n) is 5.08. The van der Waals surface area contributed by atoms with Gasteiger partial charge in [0.25, 0.3) is 5.91 Å². The van der Waals surface area contributed by atoms with E-state index in [2.05, 4.69) is 20.8 Å². The lowest BCUT2D eigenvalue weighted by molar-refractivity contribution is -0.137. The molecule has 0 bridgehead atoms. The quantitative estimate of drug-likeness (QED) is 0.211. The van der Waals surface area contributed by atoms with E-state index in [0.717, 1.165) is 18.3 Å². The van der Waals surface area contributed by atoms with Crippen molar-refractivity contribution in [1.82, 2.24) is 14.9 Å². The van der Waals surface area contributed by atoms with Crippen molar-refractivity contribution in [1.29, 1.82) is 0 Å². The molecule has 35 heavy (non-hydrogen) atoms. The molecule has 0 saturated carbocycles. The Balaban J connectivity index is 1.82. The van der Waals surface area contributed by atoms with E-state index in [-0.39, 0.29) is 40.5 Å². The van der Waals surface area contributed by atoms with Crippen LogP contribution in [0.5, 0.6) is 0 Å². The monoisotopic (exact) mass is 513 g/mol. The second-order valence-electron chi connectivity index (χ2n) is 7.38. The van der Waals surface area contributed by atoms with Crippen LogP contribution in [0.25, 0.3) is 0 Å². The van der Waals surface area contributed by atoms with Crippen LogP contribution in [0.1, 0.15) is 39.0 Å². The van der Waals surface area contributed by atoms with E-state index in [1.54, 1.807) is 0 Å². The maximum absolute atomic E-state index is 14.0. The van der Waals surface area contributed by atoms with Gasteiger partial charge in [0.1, 0.15) is 24.4 Å². The number of imidazole rings is 1. The lowest BCUT2D eigenvalue weighted by Gasteiger charge is -2.27. The Kier molecular flexibility index (Phi) is 6.19. The van der Waals surface area contributed by atoms with E-state index >= 15 is 0 Å². The van der Waals surface area contributed by atoms with Crippen LogP contribution in [0.15, 0.2) is 41.6 Å². The molecule has 2 amide bonds. The van der Waals surface area contributed by atoms with Crippen molar-refractivity contribution in [3.63, 3.8) is 0 Å². The van der Waals surface area contributed by atoms with Gasteiger partial charge in [-0.2, -0.15) is 13.2 Å². The van der Waals surface area contributed by atoms with Gasteiger partial charge in [-0.1, -0.05) is 16.8 Å². The van der Waals surface area contributed by atoms with Gasteiger partial charge < -0.3 is 20.4 Å². The number of nitrogens with zero attached hydrogens (tertiary/aromatic N) is 3. The number of amides is 2. The summed E-state index contributed by atoms with van der Waals surface area (Å²) in [6, 6.07) is 3.52. The van der Waals surface area contributed by atoms with Gasteiger partial charge in [-0.05, 0) is 36.4 Å². The number of aromatic nitrogens is 2. The summed E-state index contributed by atoms with van der Waals surface area (Å²) in [6.07, 6.45) is -4.05. The van der Waals surface area contributed by atoms with E-state index in [1.807, 2.05) is 0 Å². The van der Waals surface area contributed by atoms with Gasteiger partial charge in [-0.3, -0.25) is 9.59 Å². The average molecular weight is 514 g/mol. The number of hydrogen-bond donors (Lipinski definition) is 3. The van der Waals surface area contributed by atoms with E-state index in [0.29, 0.717) is 12.1 Å². The van der Waals surface area contributed by atoms with Crippen molar-refractivity contribution in [2.24, 2.45) is 5.16 Å². The minimum Gasteiger partial charge on any atom is -0.411 e. The van der Waals surface area contributed by atoms with Crippen LogP contribution in [0.2, 0.25) is 5.02 Å². The van der Waals surface area contributed by atoms with Crippen LogP contribution in [0.3, 0.4) is 0 Å². The summed E-state index contributed by atoms with van der Waals surface area (Å²) < 4.78 is 68.2. The first-order valence-electron chi connectivity index (χ1n) is 9.69. The van der Waals surface area contributed by atoms with Gasteiger partial charge in [0, 0.05) is 16.1 Å². The Morgan fingerprint density at radius 2 is 1.97 bits per heavy atom. The maximum atomic E-state index is 14.0. The second-order valence-corrected chi connectivity index (χ2v) is 7.79. The van der Waals surface area contributed by atoms with Gasteiger partial charge in [-0.15, -0.1) is 0 Å². The van der Waals surface area contributed by atoms with Crippen LogP contribution in [-0.2, 0) is 17.5 Å². The average Bonchev–Trinajstić information content (AvgIpc) is 3.11. The number of nitrogens with one attached hydrogen (secondary N) is 2. The number of anilines is 1. The lowest BCUT2D eigenvalue weighted by atomic mass is 10.0. The molecule has 1 aliphatic rings. The van der Waals surface area contributed by atoms with E-state index in [1.165, 1.54) is 10.6 Å². The molecule has 0 radical (unpaired) electrons. The van der Waals surface area contributed by atoms with Crippen molar-refractivity contribution >= 4 is 35.4 Å². The Morgan fingerprint density at radius 3 is 2.66 bits per heavy atom. The van der Waals surface area contributed by atoms with Crippen molar-refractivity contribution in [3.05, 3.63) is 81.3 Å². The molecule has 0 saturated heterocycles. The Morgan fingerprint density at radius 1 is 1.23 bits per heavy atom. The maximum Gasteiger partial charge on any atom is 0.416 e. The van der Waals surface area contributed by atoms with Crippen molar-refractivity contribution in [3.8, 4) is 0 Å². The lowest BCUT2D eigenvalue weighted by Crippen LogP contribution is -2.40. The Bertz CT molecular complexity index is 1370. The van der Waals surface area contributed by atoms with Gasteiger partial charge in [-0.25, -0.2) is 13.8 Å². The van der Waals surface area contributed by atoms with Crippen LogP contribution >= 0.6 is 11.6 Å². The standard InChI is InChI=1S/C21H13ClF5N5O3/c22-14-2-1-11(23)6-13(14)17-18-19(29-15(7-28-35)32(18)8-16(33)30-17)31-20(34)9-3-10(21(25,26)27)5-12(24)4-9/h1-7,17,35H,8H2,(H,30,33)(H,31,34). The van der Waals surface area contributed by atoms with Crippen molar-refractivity contribution in [2.45, 2.75) is 18.8 Å². The minimum atomic E-state index is -4.90. The second kappa shape index (κ2) is 8.98. The molecule has 3 aromatic rings. The molecule has 2 heterocycles. The highest BCUT2D eigenvalue weighted by molar-refractivity contribution is 6.31. The molecule has 3 N–H and O–H groups in total. The van der Waals surface area contributed by atoms with E-state index < -0.39 is 46.8 Å². The fraction of sp³-hybridized carbons (Fsp3) is 0.143. The van der Waals surface area contributed by atoms with Crippen LogP contribution in [0, 0.1) is 11.6 Å². The molecule has 8 nitrogen and oxygen atoms in total. The van der Waals surface area contributed by atoms with Gasteiger partial charge >= 0.3 is 6.18 Å². The van der Waals surface area contributed by atoms with Gasteiger partial charge in [0.15, 0.2) is 11.6 Å². The number of hydrogen-bond acceptors (Lipinski definition) is 5. The fourth-order valence-corrected chi connectivity index (χ4v) is 3.85. The fourth-order valence-electron chi connectivity index (χ4n) is 3.63. The molecule has 1 atom stereocenters. The van der Waals surface area contributed by atoms with Crippen molar-refractivity contribution in [2.75, 3.05) is 5.32 Å². The molecule has 0 aliphatic carbocycles. The summed E-state index contributed by atoms with van der Waals surface area (Å²) in [5.74, 6) is -4.05. The minimum absolute atomic E-state index is 0.0564. The normalized spacial score (nSPS) is 15.7. The predicted octanol–water partition coefficient (Wildman–Crippen LogP) is 4.11. The molecule has 4 rings (SSSR count). The Labute approximate surface area is 198 Å². The molecule has 1 unspecified atom stereocenters. The Hall–Kier alpha value is -4.00. The van der Waals surface area contributed by atoms with Crippen LogP contribution in [0.4, 0.5) is 27.8 Å². The molecule has 1 aliphatic heterocycles. The molecule has 182 valence electrons. The number of carbonyl (C=O) groups is 2. The number of oxime groups is 1. The number of benzene rings is 2. The first kappa shape index (κ1) is 24.1. The van der Waals surface area contributed by atoms with E-state index in [4.69, 9.17) is 16.8 Å². The molecule has 1 aromatic heterocycles. The molecule has 14 heteroatoms. The van der Waals surface area contributed by atoms with Crippen LogP contribution in [-0.4, -0.2) is 32.8 Å². The van der Waals surface area contributed by atoms with Crippen LogP contribution < -0.4 is 10.6 Å². The summed E-state index contributed by atoms with van der Waals surface area (Å²) in [5, 5.41) is 16.7. The highest BCUT2D eigenvalue weighted by atomic mass is 35.5. The number of halogens is 6. The zero-order valence-corrected chi connectivity index (χ0v) is 18.0. The number of fused-ring (bicyclic) bond motifs is 1. The number of alkyl halides is 3. The summed E-state index contributed by atoms with van der Waals surface area (Å²) in [4.78, 5) is 29.2. The molecule has 0 fully saturated rings. The highest BCUT2D eigenvalue weighted by Crippen LogP contribution is 2.36. The SMILES string of the molecule is O=C1Cn2c(C=NO)nc(NC(=O)c3cc(F)cc(C(F)(F)F)c3)c2C(c2cc(F)ccc2Cl)N1. The summed E-state index contributed by atoms with van der Waals surface area (Å²) in [7, 11) is 0. The third kappa shape index (κ3) is 4.80. The number of carbonyl (C=O) groups excluding carboxylic acids is 2. The summed E-state index contributed by atoms with van der Waals surface area (Å²) in [6.45, 7) is -0.346. The predicted molar refractivity (Wildman–Crippen MR) is 112 cm³/mol. The first-order valence-corrected chi connectivity index (χ1v) is 10.1. The summed E-state index contributed by atoms with van der Waals surface area (Å²) >= 11 is 6.19. The highest BCUT2D eigenvalue weighted by Gasteiger charge is 2.35. The molecular formula is C21H13ClF5N5O3. The van der Waals surface area contributed by atoms with Gasteiger partial charge in [0.2, 0.25) is 5.91 Å². The zero-order chi connectivity index (χ0) is 25.5. The molecular weight excluding hydrogens is 501 g/mol. The zero-order valence-electron chi connectivity index (χ0n) is 17.2. The smallest absolute Gasteiger partial charge is 0.411 e. The summed E-state index contributed by atoms with van der Waals surface area (Å²) in [5.41, 5.74) is -1.88. The largest absolute Gasteiger partial charge is 0.416 e. The molecule has 2 aromatic carbocycles. The first-order chi connectivity index (χ1) is 16.5.